The van der Waals surface area contributed by atoms with Crippen LogP contribution in [0.1, 0.15) is 13.3 Å². The molecule has 94 valence electrons. The number of aromatic nitrogens is 2. The zero-order valence-electron chi connectivity index (χ0n) is 10.2. The lowest BCUT2D eigenvalue weighted by Crippen LogP contribution is -1.98. The highest BCUT2D eigenvalue weighted by Gasteiger charge is 2.06. The zero-order valence-corrected chi connectivity index (χ0v) is 10.2. The predicted octanol–water partition coefficient (Wildman–Crippen LogP) is 2.64. The summed E-state index contributed by atoms with van der Waals surface area (Å²) in [6.45, 7) is 2.70. The Morgan fingerprint density at radius 2 is 1.94 bits per heavy atom. The summed E-state index contributed by atoms with van der Waals surface area (Å²) >= 11 is 0. The molecule has 5 heteroatoms. The molecule has 1 aromatic carbocycles. The van der Waals surface area contributed by atoms with Crippen molar-refractivity contribution in [1.82, 2.24) is 9.97 Å². The van der Waals surface area contributed by atoms with E-state index >= 15 is 0 Å². The standard InChI is InChI=1S/C13H15N3O2/c1-2-7-17-10-5-3-4-6-11(10)18-13-8-12(14)15-9-16-13/h3-6,8-9H,2,7H2,1H3,(H2,14,15,16). The van der Waals surface area contributed by atoms with Gasteiger partial charge in [0.25, 0.3) is 0 Å². The number of rotatable bonds is 5. The van der Waals surface area contributed by atoms with Gasteiger partial charge in [0.1, 0.15) is 12.1 Å². The lowest BCUT2D eigenvalue weighted by atomic mass is 10.3. The Balaban J connectivity index is 2.17. The minimum atomic E-state index is 0.368. The Labute approximate surface area is 106 Å². The highest BCUT2D eigenvalue weighted by Crippen LogP contribution is 2.30. The van der Waals surface area contributed by atoms with Gasteiger partial charge in [-0.1, -0.05) is 19.1 Å². The van der Waals surface area contributed by atoms with Gasteiger partial charge in [0.15, 0.2) is 11.5 Å². The molecule has 0 unspecified atom stereocenters. The van der Waals surface area contributed by atoms with Crippen LogP contribution in [0.3, 0.4) is 0 Å². The third kappa shape index (κ3) is 3.10. The van der Waals surface area contributed by atoms with E-state index in [0.717, 1.165) is 6.42 Å². The second-order valence-corrected chi connectivity index (χ2v) is 3.68. The van der Waals surface area contributed by atoms with Crippen molar-refractivity contribution in [1.29, 1.82) is 0 Å². The summed E-state index contributed by atoms with van der Waals surface area (Å²) in [6.07, 6.45) is 2.30. The van der Waals surface area contributed by atoms with Crippen molar-refractivity contribution in [2.45, 2.75) is 13.3 Å². The van der Waals surface area contributed by atoms with E-state index in [2.05, 4.69) is 16.9 Å². The Hall–Kier alpha value is -2.30. The van der Waals surface area contributed by atoms with Gasteiger partial charge < -0.3 is 15.2 Å². The van der Waals surface area contributed by atoms with E-state index in [1.165, 1.54) is 6.33 Å². The van der Waals surface area contributed by atoms with Crippen molar-refractivity contribution < 1.29 is 9.47 Å². The molecule has 0 aliphatic carbocycles. The highest BCUT2D eigenvalue weighted by molar-refractivity contribution is 5.42. The van der Waals surface area contributed by atoms with Crippen LogP contribution >= 0.6 is 0 Å². The third-order valence-corrected chi connectivity index (χ3v) is 2.19. The van der Waals surface area contributed by atoms with E-state index in [1.54, 1.807) is 6.07 Å². The Kier molecular flexibility index (Phi) is 3.96. The van der Waals surface area contributed by atoms with Crippen LogP contribution in [0.15, 0.2) is 36.7 Å². The first kappa shape index (κ1) is 12.2. The largest absolute Gasteiger partial charge is 0.490 e. The molecule has 2 N–H and O–H groups in total. The molecule has 5 nitrogen and oxygen atoms in total. The van der Waals surface area contributed by atoms with Crippen LogP contribution in [0, 0.1) is 0 Å². The van der Waals surface area contributed by atoms with Crippen molar-refractivity contribution in [3.63, 3.8) is 0 Å². The molecular formula is C13H15N3O2. The van der Waals surface area contributed by atoms with E-state index in [0.29, 0.717) is 29.8 Å². The Morgan fingerprint density at radius 3 is 2.67 bits per heavy atom. The molecule has 0 saturated heterocycles. The number of hydrogen-bond donors (Lipinski definition) is 1. The number of nitrogens with zero attached hydrogens (tertiary/aromatic N) is 2. The molecule has 0 fully saturated rings. The topological polar surface area (TPSA) is 70.3 Å². The maximum absolute atomic E-state index is 5.63. The molecule has 2 aromatic rings. The second kappa shape index (κ2) is 5.86. The van der Waals surface area contributed by atoms with Gasteiger partial charge in [0.05, 0.1) is 6.61 Å². The molecule has 0 aliphatic rings. The monoisotopic (exact) mass is 245 g/mol. The number of nitrogens with two attached hydrogens (primary N) is 1. The van der Waals surface area contributed by atoms with Crippen molar-refractivity contribution in [3.05, 3.63) is 36.7 Å². The van der Waals surface area contributed by atoms with Gasteiger partial charge in [-0.15, -0.1) is 0 Å². The fraction of sp³-hybridized carbons (Fsp3) is 0.231. The Morgan fingerprint density at radius 1 is 1.17 bits per heavy atom. The van der Waals surface area contributed by atoms with E-state index in [4.69, 9.17) is 15.2 Å². The summed E-state index contributed by atoms with van der Waals surface area (Å²) in [4.78, 5) is 7.80. The molecule has 0 aliphatic heterocycles. The van der Waals surface area contributed by atoms with Crippen molar-refractivity contribution >= 4 is 5.82 Å². The van der Waals surface area contributed by atoms with E-state index in [9.17, 15) is 0 Å². The van der Waals surface area contributed by atoms with Gasteiger partial charge in [-0.2, -0.15) is 0 Å². The summed E-state index contributed by atoms with van der Waals surface area (Å²) < 4.78 is 11.2. The molecular weight excluding hydrogens is 230 g/mol. The summed E-state index contributed by atoms with van der Waals surface area (Å²) in [5.41, 5.74) is 5.57. The molecule has 0 saturated carbocycles. The number of para-hydroxylation sites is 2. The third-order valence-electron chi connectivity index (χ3n) is 2.19. The average Bonchev–Trinajstić information content (AvgIpc) is 2.38. The van der Waals surface area contributed by atoms with Crippen LogP contribution in [0.2, 0.25) is 0 Å². The SMILES string of the molecule is CCCOc1ccccc1Oc1cc(N)ncn1. The average molecular weight is 245 g/mol. The zero-order chi connectivity index (χ0) is 12.8. The molecule has 0 atom stereocenters. The fourth-order valence-corrected chi connectivity index (χ4v) is 1.39. The lowest BCUT2D eigenvalue weighted by molar-refractivity contribution is 0.300. The first-order valence-corrected chi connectivity index (χ1v) is 5.77. The lowest BCUT2D eigenvalue weighted by Gasteiger charge is -2.11. The fourth-order valence-electron chi connectivity index (χ4n) is 1.39. The predicted molar refractivity (Wildman–Crippen MR) is 68.7 cm³/mol. The molecule has 0 spiro atoms. The molecule has 0 amide bonds. The van der Waals surface area contributed by atoms with Crippen LogP contribution < -0.4 is 15.2 Å². The minimum absolute atomic E-state index is 0.368. The molecule has 18 heavy (non-hydrogen) atoms. The van der Waals surface area contributed by atoms with E-state index < -0.39 is 0 Å². The first-order chi connectivity index (χ1) is 8.79. The van der Waals surface area contributed by atoms with Crippen molar-refractivity contribution in [3.8, 4) is 17.4 Å². The van der Waals surface area contributed by atoms with Gasteiger partial charge in [-0.3, -0.25) is 0 Å². The Bertz CT molecular complexity index is 517. The molecule has 1 aromatic heterocycles. The maximum atomic E-state index is 5.63. The summed E-state index contributed by atoms with van der Waals surface area (Å²) in [6, 6.07) is 9.01. The maximum Gasteiger partial charge on any atom is 0.224 e. The van der Waals surface area contributed by atoms with Crippen LogP contribution in [0.4, 0.5) is 5.82 Å². The molecule has 0 radical (unpaired) electrons. The first-order valence-electron chi connectivity index (χ1n) is 5.77. The molecule has 2 rings (SSSR count). The van der Waals surface area contributed by atoms with Crippen LogP contribution in [0.25, 0.3) is 0 Å². The highest BCUT2D eigenvalue weighted by atomic mass is 16.5. The minimum Gasteiger partial charge on any atom is -0.490 e. The van der Waals surface area contributed by atoms with E-state index in [1.807, 2.05) is 24.3 Å². The van der Waals surface area contributed by atoms with Crippen molar-refractivity contribution in [2.75, 3.05) is 12.3 Å². The van der Waals surface area contributed by atoms with Crippen LogP contribution in [-0.2, 0) is 0 Å². The van der Waals surface area contributed by atoms with Gasteiger partial charge in [-0.25, -0.2) is 9.97 Å². The van der Waals surface area contributed by atoms with Gasteiger partial charge in [-0.05, 0) is 18.6 Å². The second-order valence-electron chi connectivity index (χ2n) is 3.68. The van der Waals surface area contributed by atoms with E-state index in [-0.39, 0.29) is 0 Å². The summed E-state index contributed by atoms with van der Waals surface area (Å²) in [7, 11) is 0. The number of ether oxygens (including phenoxy) is 2. The van der Waals surface area contributed by atoms with Crippen molar-refractivity contribution in [2.24, 2.45) is 0 Å². The number of benzene rings is 1. The smallest absolute Gasteiger partial charge is 0.224 e. The molecule has 1 heterocycles. The number of hydrogen-bond acceptors (Lipinski definition) is 5. The van der Waals surface area contributed by atoms with Crippen LogP contribution in [0.5, 0.6) is 17.4 Å². The van der Waals surface area contributed by atoms with Crippen LogP contribution in [-0.4, -0.2) is 16.6 Å². The van der Waals surface area contributed by atoms with Gasteiger partial charge in [0.2, 0.25) is 5.88 Å². The number of nitrogen functional groups attached to an aromatic ring is 1. The summed E-state index contributed by atoms with van der Waals surface area (Å²) in [5.74, 6) is 2.07. The van der Waals surface area contributed by atoms with Gasteiger partial charge >= 0.3 is 0 Å². The molecule has 0 bridgehead atoms. The summed E-state index contributed by atoms with van der Waals surface area (Å²) in [5, 5.41) is 0. The number of anilines is 1. The quantitative estimate of drug-likeness (QED) is 0.876. The normalized spacial score (nSPS) is 10.1. The van der Waals surface area contributed by atoms with Gasteiger partial charge in [0, 0.05) is 6.07 Å².